The lowest BCUT2D eigenvalue weighted by molar-refractivity contribution is -0.136. The lowest BCUT2D eigenvalue weighted by atomic mass is 10.1. The Labute approximate surface area is 210 Å². The Hall–Kier alpha value is -2.87. The van der Waals surface area contributed by atoms with Crippen LogP contribution in [0.15, 0.2) is 64.2 Å². The number of hydrogen-bond donors (Lipinski definition) is 2. The SMILES string of the molecule is Cc1ccc(NC(=O)C(=O)N/N=C\c2cc(Br)ccc2OCc2ccc(Cl)cc2Cl)cc1C. The number of aryl methyl sites for hydroxylation is 2. The summed E-state index contributed by atoms with van der Waals surface area (Å²) < 4.78 is 6.66. The second-order valence-corrected chi connectivity index (χ2v) is 8.92. The third kappa shape index (κ3) is 7.05. The van der Waals surface area contributed by atoms with E-state index in [4.69, 9.17) is 27.9 Å². The van der Waals surface area contributed by atoms with E-state index in [0.717, 1.165) is 21.2 Å². The van der Waals surface area contributed by atoms with Gasteiger partial charge in [0.2, 0.25) is 0 Å². The minimum absolute atomic E-state index is 0.212. The van der Waals surface area contributed by atoms with E-state index in [9.17, 15) is 9.59 Å². The monoisotopic (exact) mass is 547 g/mol. The van der Waals surface area contributed by atoms with Crippen LogP contribution in [0.2, 0.25) is 10.0 Å². The van der Waals surface area contributed by atoms with Crippen molar-refractivity contribution in [2.24, 2.45) is 5.10 Å². The van der Waals surface area contributed by atoms with Gasteiger partial charge in [-0.15, -0.1) is 0 Å². The average Bonchev–Trinajstić information content (AvgIpc) is 2.76. The first-order valence-electron chi connectivity index (χ1n) is 9.81. The van der Waals surface area contributed by atoms with Crippen molar-refractivity contribution in [1.82, 2.24) is 5.43 Å². The van der Waals surface area contributed by atoms with Gasteiger partial charge in [0.1, 0.15) is 12.4 Å². The third-order valence-electron chi connectivity index (χ3n) is 4.71. The van der Waals surface area contributed by atoms with Crippen molar-refractivity contribution in [2.75, 3.05) is 5.32 Å². The van der Waals surface area contributed by atoms with Crippen LogP contribution in [0.4, 0.5) is 5.69 Å². The highest BCUT2D eigenvalue weighted by molar-refractivity contribution is 9.10. The van der Waals surface area contributed by atoms with Crippen LogP contribution in [0.25, 0.3) is 0 Å². The highest BCUT2D eigenvalue weighted by Gasteiger charge is 2.13. The minimum Gasteiger partial charge on any atom is -0.488 e. The lowest BCUT2D eigenvalue weighted by Crippen LogP contribution is -2.32. The molecule has 0 aliphatic carbocycles. The van der Waals surface area contributed by atoms with E-state index < -0.39 is 11.8 Å². The van der Waals surface area contributed by atoms with Crippen LogP contribution < -0.4 is 15.5 Å². The normalized spacial score (nSPS) is 10.8. The number of nitrogens with one attached hydrogen (secondary N) is 2. The van der Waals surface area contributed by atoms with E-state index in [2.05, 4.69) is 31.8 Å². The molecule has 2 amide bonds. The number of carbonyl (C=O) groups excluding carboxylic acids is 2. The Kier molecular flexibility index (Phi) is 8.49. The van der Waals surface area contributed by atoms with Crippen LogP contribution in [-0.4, -0.2) is 18.0 Å². The molecule has 2 N–H and O–H groups in total. The highest BCUT2D eigenvalue weighted by Crippen LogP contribution is 2.26. The van der Waals surface area contributed by atoms with E-state index in [-0.39, 0.29) is 6.61 Å². The molecule has 33 heavy (non-hydrogen) atoms. The standard InChI is InChI=1S/C24H20BrCl2N3O3/c1-14-3-7-20(9-15(14)2)29-23(31)24(32)30-28-12-17-10-18(25)5-8-22(17)33-13-16-4-6-19(26)11-21(16)27/h3-12H,13H2,1-2H3,(H,29,31)(H,30,32)/b28-12-. The molecule has 0 atom stereocenters. The Balaban J connectivity index is 1.63. The zero-order valence-corrected chi connectivity index (χ0v) is 20.9. The van der Waals surface area contributed by atoms with Crippen LogP contribution >= 0.6 is 39.1 Å². The van der Waals surface area contributed by atoms with Crippen molar-refractivity contribution < 1.29 is 14.3 Å². The first-order valence-corrected chi connectivity index (χ1v) is 11.4. The number of anilines is 1. The predicted octanol–water partition coefficient (Wildman–Crippen LogP) is 6.04. The van der Waals surface area contributed by atoms with Gasteiger partial charge in [-0.05, 0) is 67.4 Å². The van der Waals surface area contributed by atoms with E-state index in [0.29, 0.717) is 27.0 Å². The van der Waals surface area contributed by atoms with Crippen LogP contribution in [0.5, 0.6) is 5.75 Å². The zero-order chi connectivity index (χ0) is 24.0. The number of ether oxygens (including phenoxy) is 1. The number of amides is 2. The van der Waals surface area contributed by atoms with Crippen LogP contribution in [0.3, 0.4) is 0 Å². The molecule has 0 aliphatic rings. The van der Waals surface area contributed by atoms with Gasteiger partial charge in [-0.3, -0.25) is 9.59 Å². The molecule has 0 unspecified atom stereocenters. The quantitative estimate of drug-likeness (QED) is 0.224. The summed E-state index contributed by atoms with van der Waals surface area (Å²) in [5.41, 5.74) is 6.21. The molecule has 0 heterocycles. The minimum atomic E-state index is -0.894. The molecule has 0 aromatic heterocycles. The predicted molar refractivity (Wildman–Crippen MR) is 135 cm³/mol. The number of hydrogen-bond acceptors (Lipinski definition) is 4. The van der Waals surface area contributed by atoms with Gasteiger partial charge in [0.05, 0.1) is 6.21 Å². The van der Waals surface area contributed by atoms with Crippen molar-refractivity contribution in [3.05, 3.63) is 91.4 Å². The number of carbonyl (C=O) groups is 2. The fourth-order valence-corrected chi connectivity index (χ4v) is 3.61. The topological polar surface area (TPSA) is 79.8 Å². The fraction of sp³-hybridized carbons (Fsp3) is 0.125. The van der Waals surface area contributed by atoms with Crippen LogP contribution in [-0.2, 0) is 16.2 Å². The molecule has 170 valence electrons. The van der Waals surface area contributed by atoms with Gasteiger partial charge in [-0.2, -0.15) is 5.10 Å². The Bertz CT molecular complexity index is 1230. The summed E-state index contributed by atoms with van der Waals surface area (Å²) in [6.45, 7) is 4.10. The first kappa shape index (κ1) is 24.8. The summed E-state index contributed by atoms with van der Waals surface area (Å²) in [5.74, 6) is -1.20. The van der Waals surface area contributed by atoms with Crippen LogP contribution in [0, 0.1) is 13.8 Å². The molecule has 0 spiro atoms. The van der Waals surface area contributed by atoms with Crippen molar-refractivity contribution >= 4 is 62.8 Å². The van der Waals surface area contributed by atoms with E-state index in [1.165, 1.54) is 6.21 Å². The molecule has 3 aromatic rings. The Morgan fingerprint density at radius 3 is 2.52 bits per heavy atom. The molecule has 3 rings (SSSR count). The van der Waals surface area contributed by atoms with E-state index in [1.54, 1.807) is 42.5 Å². The second-order valence-electron chi connectivity index (χ2n) is 7.16. The molecule has 0 aliphatic heterocycles. The number of rotatable bonds is 6. The Morgan fingerprint density at radius 2 is 1.79 bits per heavy atom. The molecule has 6 nitrogen and oxygen atoms in total. The van der Waals surface area contributed by atoms with E-state index >= 15 is 0 Å². The molecule has 0 saturated heterocycles. The smallest absolute Gasteiger partial charge is 0.329 e. The average molecular weight is 549 g/mol. The summed E-state index contributed by atoms with van der Waals surface area (Å²) in [7, 11) is 0. The summed E-state index contributed by atoms with van der Waals surface area (Å²) in [6, 6.07) is 15.9. The van der Waals surface area contributed by atoms with Gasteiger partial charge in [0, 0.05) is 31.3 Å². The molecule has 3 aromatic carbocycles. The van der Waals surface area contributed by atoms with Crippen molar-refractivity contribution in [1.29, 1.82) is 0 Å². The van der Waals surface area contributed by atoms with Crippen LogP contribution in [0.1, 0.15) is 22.3 Å². The van der Waals surface area contributed by atoms with E-state index in [1.807, 2.05) is 26.0 Å². The molecule has 0 bridgehead atoms. The molecular weight excluding hydrogens is 529 g/mol. The number of halogens is 3. The third-order valence-corrected chi connectivity index (χ3v) is 5.79. The maximum absolute atomic E-state index is 12.1. The molecule has 0 saturated carbocycles. The maximum Gasteiger partial charge on any atom is 0.329 e. The molecule has 0 radical (unpaired) electrons. The summed E-state index contributed by atoms with van der Waals surface area (Å²) in [4.78, 5) is 24.3. The van der Waals surface area contributed by atoms with Gasteiger partial charge in [-0.25, -0.2) is 5.43 Å². The summed E-state index contributed by atoms with van der Waals surface area (Å²) >= 11 is 15.5. The number of nitrogens with zero attached hydrogens (tertiary/aromatic N) is 1. The maximum atomic E-state index is 12.1. The highest BCUT2D eigenvalue weighted by atomic mass is 79.9. The van der Waals surface area contributed by atoms with Gasteiger partial charge < -0.3 is 10.1 Å². The first-order chi connectivity index (χ1) is 15.7. The fourth-order valence-electron chi connectivity index (χ4n) is 2.76. The van der Waals surface area contributed by atoms with Gasteiger partial charge in [0.15, 0.2) is 0 Å². The van der Waals surface area contributed by atoms with Gasteiger partial charge in [-0.1, -0.05) is 51.3 Å². The van der Waals surface area contributed by atoms with Crippen molar-refractivity contribution in [3.8, 4) is 5.75 Å². The Morgan fingerprint density at radius 1 is 1.00 bits per heavy atom. The lowest BCUT2D eigenvalue weighted by Gasteiger charge is -2.11. The zero-order valence-electron chi connectivity index (χ0n) is 17.8. The number of hydrazone groups is 1. The van der Waals surface area contributed by atoms with Gasteiger partial charge in [0.25, 0.3) is 0 Å². The summed E-state index contributed by atoms with van der Waals surface area (Å²) in [5, 5.41) is 7.48. The largest absolute Gasteiger partial charge is 0.488 e. The van der Waals surface area contributed by atoms with Crippen molar-refractivity contribution in [3.63, 3.8) is 0 Å². The second kappa shape index (κ2) is 11.3. The molecular formula is C24H20BrCl2N3O3. The van der Waals surface area contributed by atoms with Crippen molar-refractivity contribution in [2.45, 2.75) is 20.5 Å². The molecule has 0 fully saturated rings. The van der Waals surface area contributed by atoms with Gasteiger partial charge >= 0.3 is 11.8 Å². The number of benzene rings is 3. The molecule has 9 heteroatoms. The summed E-state index contributed by atoms with van der Waals surface area (Å²) in [6.07, 6.45) is 1.39.